The molecule has 0 atom stereocenters. The summed E-state index contributed by atoms with van der Waals surface area (Å²) in [6.45, 7) is 9.81. The Labute approximate surface area is 208 Å². The van der Waals surface area contributed by atoms with Gasteiger partial charge in [-0.3, -0.25) is 9.69 Å². The van der Waals surface area contributed by atoms with Crippen molar-refractivity contribution < 1.29 is 19.0 Å². The van der Waals surface area contributed by atoms with E-state index in [9.17, 15) is 4.79 Å². The van der Waals surface area contributed by atoms with Gasteiger partial charge in [0.15, 0.2) is 11.5 Å². The Hall–Kier alpha value is -3.04. The molecule has 0 unspecified atom stereocenters. The van der Waals surface area contributed by atoms with Gasteiger partial charge in [-0.05, 0) is 62.3 Å². The molecule has 2 aliphatic carbocycles. The molecule has 2 saturated carbocycles. The molecular formula is C29H34N2O4. The van der Waals surface area contributed by atoms with Crippen molar-refractivity contribution in [2.45, 2.75) is 75.2 Å². The number of rotatable bonds is 8. The topological polar surface area (TPSA) is 52.4 Å². The van der Waals surface area contributed by atoms with E-state index in [2.05, 4.69) is 9.74 Å². The van der Waals surface area contributed by atoms with Crippen LogP contribution < -0.4 is 9.47 Å². The van der Waals surface area contributed by atoms with Crippen molar-refractivity contribution in [1.29, 1.82) is 0 Å². The molecule has 1 heterocycles. The number of carbonyl (C=O) groups is 1. The van der Waals surface area contributed by atoms with Gasteiger partial charge in [-0.2, -0.15) is 0 Å². The highest BCUT2D eigenvalue weighted by Gasteiger charge is 2.58. The minimum atomic E-state index is -0.611. The van der Waals surface area contributed by atoms with E-state index in [1.807, 2.05) is 48.5 Å². The summed E-state index contributed by atoms with van der Waals surface area (Å²) in [5.41, 5.74) is 0.857. The molecule has 1 aliphatic heterocycles. The summed E-state index contributed by atoms with van der Waals surface area (Å²) in [4.78, 5) is 19.4. The van der Waals surface area contributed by atoms with Crippen LogP contribution in [-0.2, 0) is 21.7 Å². The van der Waals surface area contributed by atoms with Crippen LogP contribution in [0.25, 0.3) is 4.85 Å². The maximum absolute atomic E-state index is 13.0. The number of piperidine rings is 1. The van der Waals surface area contributed by atoms with Gasteiger partial charge >= 0.3 is 5.97 Å². The van der Waals surface area contributed by atoms with Crippen LogP contribution in [0.3, 0.4) is 0 Å². The lowest BCUT2D eigenvalue weighted by molar-refractivity contribution is -0.154. The van der Waals surface area contributed by atoms with Crippen LogP contribution >= 0.6 is 0 Å². The highest BCUT2D eigenvalue weighted by atomic mass is 16.5. The van der Waals surface area contributed by atoms with Gasteiger partial charge in [-0.25, -0.2) is 6.57 Å². The first-order valence-corrected chi connectivity index (χ1v) is 12.8. The molecule has 2 aromatic carbocycles. The molecule has 3 aliphatic rings. The number of methoxy groups -OCH3 is 1. The summed E-state index contributed by atoms with van der Waals surface area (Å²) in [6.07, 6.45) is 7.77. The van der Waals surface area contributed by atoms with E-state index in [4.69, 9.17) is 20.8 Å². The van der Waals surface area contributed by atoms with Gasteiger partial charge in [0.05, 0.1) is 13.2 Å². The molecular weight excluding hydrogens is 440 g/mol. The van der Waals surface area contributed by atoms with Crippen molar-refractivity contribution in [1.82, 2.24) is 4.90 Å². The van der Waals surface area contributed by atoms with E-state index in [0.29, 0.717) is 32.5 Å². The fourth-order valence-electron chi connectivity index (χ4n) is 5.64. The summed E-state index contributed by atoms with van der Waals surface area (Å²) in [5, 5.41) is 0. The number of ether oxygens (including phenoxy) is 3. The highest BCUT2D eigenvalue weighted by molar-refractivity contribution is 5.84. The Morgan fingerprint density at radius 3 is 2.37 bits per heavy atom. The standard InChI is InChI=1S/C29H34N2O4/c1-30-28(23-12-13-25(33-2)26(20-23)35-24-10-6-7-11-24)16-18-31(19-17-28)29(14-15-29)27(32)34-21-22-8-4-3-5-9-22/h3-5,8-9,12-13,20,24H,6-7,10-11,14-19,21H2,2H3. The van der Waals surface area contributed by atoms with E-state index in [0.717, 1.165) is 48.3 Å². The fourth-order valence-corrected chi connectivity index (χ4v) is 5.64. The quantitative estimate of drug-likeness (QED) is 0.373. The molecule has 184 valence electrons. The first-order chi connectivity index (χ1) is 17.1. The number of hydrogen-bond donors (Lipinski definition) is 0. The fraction of sp³-hybridized carbons (Fsp3) is 0.517. The predicted molar refractivity (Wildman–Crippen MR) is 133 cm³/mol. The second-order valence-electron chi connectivity index (χ2n) is 10.1. The van der Waals surface area contributed by atoms with Crippen molar-refractivity contribution in [3.05, 3.63) is 71.1 Å². The van der Waals surface area contributed by atoms with Crippen molar-refractivity contribution in [2.75, 3.05) is 20.2 Å². The second-order valence-corrected chi connectivity index (χ2v) is 10.1. The number of hydrogen-bond acceptors (Lipinski definition) is 5. The first kappa shape index (κ1) is 23.7. The van der Waals surface area contributed by atoms with Gasteiger partial charge in [0.1, 0.15) is 12.1 Å². The third-order valence-corrected chi connectivity index (χ3v) is 8.02. The summed E-state index contributed by atoms with van der Waals surface area (Å²) < 4.78 is 17.6. The van der Waals surface area contributed by atoms with Crippen molar-refractivity contribution in [2.24, 2.45) is 0 Å². The zero-order valence-electron chi connectivity index (χ0n) is 20.5. The van der Waals surface area contributed by atoms with Gasteiger partial charge in [0.25, 0.3) is 5.54 Å². The third-order valence-electron chi connectivity index (χ3n) is 8.02. The zero-order chi connectivity index (χ0) is 24.3. The van der Waals surface area contributed by atoms with Gasteiger partial charge in [0.2, 0.25) is 0 Å². The molecule has 6 heteroatoms. The minimum absolute atomic E-state index is 0.131. The molecule has 0 bridgehead atoms. The maximum Gasteiger partial charge on any atom is 0.326 e. The van der Waals surface area contributed by atoms with Crippen LogP contribution in [0.4, 0.5) is 0 Å². The predicted octanol–water partition coefficient (Wildman–Crippen LogP) is 5.50. The van der Waals surface area contributed by atoms with Crippen LogP contribution in [0.2, 0.25) is 0 Å². The van der Waals surface area contributed by atoms with Gasteiger partial charge in [0, 0.05) is 31.5 Å². The van der Waals surface area contributed by atoms with Crippen molar-refractivity contribution >= 4 is 5.97 Å². The van der Waals surface area contributed by atoms with E-state index in [-0.39, 0.29) is 12.1 Å². The molecule has 0 N–H and O–H groups in total. The van der Waals surface area contributed by atoms with Crippen LogP contribution in [-0.4, -0.2) is 42.7 Å². The summed E-state index contributed by atoms with van der Waals surface area (Å²) in [5.74, 6) is 1.33. The molecule has 0 amide bonds. The average Bonchev–Trinajstić information content (AvgIpc) is 3.57. The Kier molecular flexibility index (Phi) is 6.71. The van der Waals surface area contributed by atoms with Gasteiger partial charge in [-0.1, -0.05) is 30.3 Å². The Bertz CT molecular complexity index is 1080. The van der Waals surface area contributed by atoms with Crippen LogP contribution in [0.1, 0.15) is 62.5 Å². The number of carbonyl (C=O) groups excluding carboxylic acids is 1. The van der Waals surface area contributed by atoms with Crippen molar-refractivity contribution in [3.8, 4) is 11.5 Å². The SMILES string of the molecule is [C-]#[N+]C1(c2ccc(OC)c(OC3CCCC3)c2)CCN(C2(C(=O)OCc3ccccc3)CC2)CC1. The smallest absolute Gasteiger partial charge is 0.326 e. The lowest BCUT2D eigenvalue weighted by Gasteiger charge is -2.38. The first-order valence-electron chi connectivity index (χ1n) is 12.8. The number of nitrogens with zero attached hydrogens (tertiary/aromatic N) is 2. The molecule has 35 heavy (non-hydrogen) atoms. The summed E-state index contributed by atoms with van der Waals surface area (Å²) >= 11 is 0. The Morgan fingerprint density at radius 2 is 1.74 bits per heavy atom. The Balaban J connectivity index is 1.26. The van der Waals surface area contributed by atoms with E-state index in [1.54, 1.807) is 7.11 Å². The largest absolute Gasteiger partial charge is 0.493 e. The van der Waals surface area contributed by atoms with Crippen LogP contribution in [0, 0.1) is 6.57 Å². The molecule has 1 saturated heterocycles. The lowest BCUT2D eigenvalue weighted by atomic mass is 9.81. The normalized spacial score (nSPS) is 21.1. The monoisotopic (exact) mass is 474 g/mol. The highest BCUT2D eigenvalue weighted by Crippen LogP contribution is 2.48. The van der Waals surface area contributed by atoms with Gasteiger partial charge < -0.3 is 19.1 Å². The van der Waals surface area contributed by atoms with E-state index in [1.165, 1.54) is 12.8 Å². The number of benzene rings is 2. The van der Waals surface area contributed by atoms with E-state index < -0.39 is 11.1 Å². The zero-order valence-corrected chi connectivity index (χ0v) is 20.5. The lowest BCUT2D eigenvalue weighted by Crippen LogP contribution is -2.51. The average molecular weight is 475 g/mol. The van der Waals surface area contributed by atoms with Crippen LogP contribution in [0.15, 0.2) is 48.5 Å². The second kappa shape index (κ2) is 9.91. The summed E-state index contributed by atoms with van der Waals surface area (Å²) in [6, 6.07) is 15.8. The maximum atomic E-state index is 13.0. The van der Waals surface area contributed by atoms with E-state index >= 15 is 0 Å². The Morgan fingerprint density at radius 1 is 1.03 bits per heavy atom. The molecule has 0 radical (unpaired) electrons. The molecule has 0 aromatic heterocycles. The summed E-state index contributed by atoms with van der Waals surface area (Å²) in [7, 11) is 1.66. The van der Waals surface area contributed by atoms with Gasteiger partial charge in [-0.15, -0.1) is 0 Å². The molecule has 3 fully saturated rings. The number of likely N-dealkylation sites (tertiary alicyclic amines) is 1. The molecule has 2 aromatic rings. The molecule has 6 nitrogen and oxygen atoms in total. The molecule has 5 rings (SSSR count). The molecule has 0 spiro atoms. The number of esters is 1. The minimum Gasteiger partial charge on any atom is -0.493 e. The third kappa shape index (κ3) is 4.75. The van der Waals surface area contributed by atoms with Crippen molar-refractivity contribution in [3.63, 3.8) is 0 Å². The van der Waals surface area contributed by atoms with Crippen LogP contribution in [0.5, 0.6) is 11.5 Å².